The molecule has 1 atom stereocenters. The number of H-pyrrole nitrogens is 1. The number of pyridine rings is 1. The Morgan fingerprint density at radius 1 is 1.56 bits per heavy atom. The third kappa shape index (κ3) is 2.98. The van der Waals surface area contributed by atoms with E-state index in [1.54, 1.807) is 24.1 Å². The monoisotopic (exact) mass is 249 g/mol. The summed E-state index contributed by atoms with van der Waals surface area (Å²) in [6, 6.07) is 3.24. The molecule has 2 N–H and O–H groups in total. The van der Waals surface area contributed by atoms with Crippen LogP contribution in [0.4, 0.5) is 0 Å². The van der Waals surface area contributed by atoms with E-state index in [4.69, 9.17) is 0 Å². The lowest BCUT2D eigenvalue weighted by Crippen LogP contribution is -2.40. The fourth-order valence-corrected chi connectivity index (χ4v) is 2.35. The SMILES string of the molecule is CN(CC1CCCNC1)C(=O)c1ccc[nH]c1=O. The molecule has 1 aromatic heterocycles. The summed E-state index contributed by atoms with van der Waals surface area (Å²) in [4.78, 5) is 27.8. The van der Waals surface area contributed by atoms with E-state index in [2.05, 4.69) is 10.3 Å². The van der Waals surface area contributed by atoms with Crippen LogP contribution in [-0.4, -0.2) is 42.5 Å². The molecule has 1 aliphatic heterocycles. The Kier molecular flexibility index (Phi) is 4.15. The molecule has 1 saturated heterocycles. The van der Waals surface area contributed by atoms with E-state index in [0.29, 0.717) is 12.5 Å². The second-order valence-corrected chi connectivity index (χ2v) is 4.81. The van der Waals surface area contributed by atoms with Gasteiger partial charge in [-0.1, -0.05) is 0 Å². The minimum Gasteiger partial charge on any atom is -0.341 e. The van der Waals surface area contributed by atoms with Gasteiger partial charge in [0.1, 0.15) is 5.56 Å². The lowest BCUT2D eigenvalue weighted by Gasteiger charge is -2.27. The first-order valence-corrected chi connectivity index (χ1v) is 6.32. The molecule has 0 aromatic carbocycles. The zero-order chi connectivity index (χ0) is 13.0. The van der Waals surface area contributed by atoms with Crippen molar-refractivity contribution in [2.24, 2.45) is 5.92 Å². The highest BCUT2D eigenvalue weighted by Crippen LogP contribution is 2.11. The van der Waals surface area contributed by atoms with Gasteiger partial charge in [0.05, 0.1) is 0 Å². The Labute approximate surface area is 106 Å². The fraction of sp³-hybridized carbons (Fsp3) is 0.538. The molecule has 2 heterocycles. The van der Waals surface area contributed by atoms with Crippen LogP contribution in [0.3, 0.4) is 0 Å². The summed E-state index contributed by atoms with van der Waals surface area (Å²) >= 11 is 0. The summed E-state index contributed by atoms with van der Waals surface area (Å²) in [5.74, 6) is 0.276. The number of rotatable bonds is 3. The smallest absolute Gasteiger partial charge is 0.260 e. The molecule has 18 heavy (non-hydrogen) atoms. The average molecular weight is 249 g/mol. The van der Waals surface area contributed by atoms with Crippen LogP contribution in [0.1, 0.15) is 23.2 Å². The molecule has 1 amide bonds. The second-order valence-electron chi connectivity index (χ2n) is 4.81. The minimum absolute atomic E-state index is 0.206. The van der Waals surface area contributed by atoms with Crippen LogP contribution in [0, 0.1) is 5.92 Å². The molecule has 1 fully saturated rings. The number of aromatic amines is 1. The largest absolute Gasteiger partial charge is 0.341 e. The van der Waals surface area contributed by atoms with Crippen LogP contribution >= 0.6 is 0 Å². The van der Waals surface area contributed by atoms with Gasteiger partial charge in [-0.05, 0) is 44.0 Å². The zero-order valence-electron chi connectivity index (χ0n) is 10.6. The van der Waals surface area contributed by atoms with Gasteiger partial charge in [-0.25, -0.2) is 0 Å². The summed E-state index contributed by atoms with van der Waals surface area (Å²) in [5.41, 5.74) is -0.111. The minimum atomic E-state index is -0.323. The van der Waals surface area contributed by atoms with Crippen molar-refractivity contribution in [3.8, 4) is 0 Å². The molecule has 0 radical (unpaired) electrons. The van der Waals surface area contributed by atoms with Gasteiger partial charge in [0, 0.05) is 19.8 Å². The van der Waals surface area contributed by atoms with Gasteiger partial charge in [0.25, 0.3) is 11.5 Å². The molecule has 5 nitrogen and oxygen atoms in total. The van der Waals surface area contributed by atoms with Crippen LogP contribution in [-0.2, 0) is 0 Å². The van der Waals surface area contributed by atoms with Crippen molar-refractivity contribution >= 4 is 5.91 Å². The predicted molar refractivity (Wildman–Crippen MR) is 69.6 cm³/mol. The average Bonchev–Trinajstić information content (AvgIpc) is 2.39. The molecular weight excluding hydrogens is 230 g/mol. The van der Waals surface area contributed by atoms with Crippen LogP contribution < -0.4 is 10.9 Å². The Morgan fingerprint density at radius 2 is 2.39 bits per heavy atom. The van der Waals surface area contributed by atoms with Gasteiger partial charge in [-0.15, -0.1) is 0 Å². The Bertz CT molecular complexity index is 463. The highest BCUT2D eigenvalue weighted by atomic mass is 16.2. The highest BCUT2D eigenvalue weighted by molar-refractivity contribution is 5.93. The van der Waals surface area contributed by atoms with Gasteiger partial charge >= 0.3 is 0 Å². The molecule has 0 bridgehead atoms. The van der Waals surface area contributed by atoms with Crippen molar-refractivity contribution in [2.75, 3.05) is 26.7 Å². The Morgan fingerprint density at radius 3 is 3.06 bits per heavy atom. The van der Waals surface area contributed by atoms with Gasteiger partial charge in [-0.3, -0.25) is 9.59 Å². The van der Waals surface area contributed by atoms with E-state index in [0.717, 1.165) is 25.9 Å². The number of carbonyl (C=O) groups excluding carboxylic acids is 1. The van der Waals surface area contributed by atoms with E-state index in [-0.39, 0.29) is 17.0 Å². The van der Waals surface area contributed by atoms with E-state index in [1.165, 1.54) is 6.20 Å². The molecule has 5 heteroatoms. The van der Waals surface area contributed by atoms with Crippen molar-refractivity contribution in [3.05, 3.63) is 34.2 Å². The fourth-order valence-electron chi connectivity index (χ4n) is 2.35. The summed E-state index contributed by atoms with van der Waals surface area (Å²) in [5, 5.41) is 3.32. The molecule has 1 unspecified atom stereocenters. The number of aromatic nitrogens is 1. The Balaban J connectivity index is 2.00. The first-order valence-electron chi connectivity index (χ1n) is 6.32. The van der Waals surface area contributed by atoms with Crippen molar-refractivity contribution in [3.63, 3.8) is 0 Å². The normalized spacial score (nSPS) is 19.5. The second kappa shape index (κ2) is 5.82. The van der Waals surface area contributed by atoms with Gasteiger partial charge in [-0.2, -0.15) is 0 Å². The molecule has 0 saturated carbocycles. The topological polar surface area (TPSA) is 65.2 Å². The third-order valence-corrected chi connectivity index (χ3v) is 3.33. The van der Waals surface area contributed by atoms with Gasteiger partial charge in [0.15, 0.2) is 0 Å². The first-order chi connectivity index (χ1) is 8.68. The zero-order valence-corrected chi connectivity index (χ0v) is 10.6. The quantitative estimate of drug-likeness (QED) is 0.817. The summed E-state index contributed by atoms with van der Waals surface area (Å²) in [6.07, 6.45) is 3.82. The van der Waals surface area contributed by atoms with Crippen LogP contribution in [0.5, 0.6) is 0 Å². The standard InChI is InChI=1S/C13H19N3O2/c1-16(9-10-4-2-6-14-8-10)13(18)11-5-3-7-15-12(11)17/h3,5,7,10,14H,2,4,6,8-9H2,1H3,(H,15,17). The van der Waals surface area contributed by atoms with Crippen LogP contribution in [0.25, 0.3) is 0 Å². The maximum absolute atomic E-state index is 12.1. The first kappa shape index (κ1) is 12.8. The van der Waals surface area contributed by atoms with Crippen LogP contribution in [0.2, 0.25) is 0 Å². The molecular formula is C13H19N3O2. The third-order valence-electron chi connectivity index (χ3n) is 3.33. The number of hydrogen-bond acceptors (Lipinski definition) is 3. The van der Waals surface area contributed by atoms with E-state index < -0.39 is 0 Å². The molecule has 2 rings (SSSR count). The maximum Gasteiger partial charge on any atom is 0.260 e. The molecule has 1 aliphatic rings. The lowest BCUT2D eigenvalue weighted by atomic mass is 9.99. The summed E-state index contributed by atoms with van der Waals surface area (Å²) in [7, 11) is 1.75. The van der Waals surface area contributed by atoms with Crippen molar-refractivity contribution in [1.29, 1.82) is 0 Å². The van der Waals surface area contributed by atoms with E-state index >= 15 is 0 Å². The van der Waals surface area contributed by atoms with Gasteiger partial charge < -0.3 is 15.2 Å². The van der Waals surface area contributed by atoms with E-state index in [1.807, 2.05) is 0 Å². The highest BCUT2D eigenvalue weighted by Gasteiger charge is 2.20. The summed E-state index contributed by atoms with van der Waals surface area (Å²) in [6.45, 7) is 2.70. The lowest BCUT2D eigenvalue weighted by molar-refractivity contribution is 0.0763. The van der Waals surface area contributed by atoms with Crippen LogP contribution in [0.15, 0.2) is 23.1 Å². The number of piperidine rings is 1. The molecule has 0 spiro atoms. The van der Waals surface area contributed by atoms with E-state index in [9.17, 15) is 9.59 Å². The van der Waals surface area contributed by atoms with Crippen molar-refractivity contribution < 1.29 is 4.79 Å². The van der Waals surface area contributed by atoms with Crippen molar-refractivity contribution in [1.82, 2.24) is 15.2 Å². The number of nitrogens with zero attached hydrogens (tertiary/aromatic N) is 1. The molecule has 98 valence electrons. The Hall–Kier alpha value is -1.62. The predicted octanol–water partition coefficient (Wildman–Crippen LogP) is 0.446. The molecule has 0 aliphatic carbocycles. The summed E-state index contributed by atoms with van der Waals surface area (Å²) < 4.78 is 0. The maximum atomic E-state index is 12.1. The van der Waals surface area contributed by atoms with Gasteiger partial charge in [0.2, 0.25) is 0 Å². The number of amides is 1. The van der Waals surface area contributed by atoms with Crippen molar-refractivity contribution in [2.45, 2.75) is 12.8 Å². The number of hydrogen-bond donors (Lipinski definition) is 2. The number of nitrogens with one attached hydrogen (secondary N) is 2. The number of carbonyl (C=O) groups is 1. The molecule has 1 aromatic rings.